The van der Waals surface area contributed by atoms with Crippen molar-refractivity contribution in [2.45, 2.75) is 57.7 Å². The fraction of sp³-hybridized carbons (Fsp3) is 0.750. The lowest BCUT2D eigenvalue weighted by Crippen LogP contribution is -2.30. The molecule has 0 spiro atoms. The lowest BCUT2D eigenvalue weighted by molar-refractivity contribution is -0.170. The summed E-state index contributed by atoms with van der Waals surface area (Å²) in [5.41, 5.74) is 0. The van der Waals surface area contributed by atoms with E-state index in [0.29, 0.717) is 0 Å². The zero-order valence-corrected chi connectivity index (χ0v) is 9.74. The van der Waals surface area contributed by atoms with Crippen molar-refractivity contribution in [3.63, 3.8) is 0 Å². The van der Waals surface area contributed by atoms with Gasteiger partial charge >= 0.3 is 11.9 Å². The van der Waals surface area contributed by atoms with Crippen LogP contribution in [0, 0.1) is 6.92 Å². The Morgan fingerprint density at radius 2 is 1.94 bits per heavy atom. The average Bonchev–Trinajstić information content (AvgIpc) is 2.30. The highest BCUT2D eigenvalue weighted by Crippen LogP contribution is 2.20. The summed E-state index contributed by atoms with van der Waals surface area (Å²) in [4.78, 5) is 22.5. The van der Waals surface area contributed by atoms with Gasteiger partial charge in [0.1, 0.15) is 6.10 Å². The van der Waals surface area contributed by atoms with Gasteiger partial charge in [0, 0.05) is 6.42 Å². The molecule has 0 aliphatic heterocycles. The van der Waals surface area contributed by atoms with Gasteiger partial charge in [0.05, 0.1) is 0 Å². The summed E-state index contributed by atoms with van der Waals surface area (Å²) in [7, 11) is 0. The number of hydrogen-bond acceptors (Lipinski definition) is 4. The molecule has 91 valence electrons. The molecule has 0 amide bonds. The smallest absolute Gasteiger partial charge is 0.347 e. The summed E-state index contributed by atoms with van der Waals surface area (Å²) >= 11 is 0. The molecule has 0 aromatic heterocycles. The second kappa shape index (κ2) is 6.51. The first-order chi connectivity index (χ1) is 7.63. The summed E-state index contributed by atoms with van der Waals surface area (Å²) in [5, 5.41) is 0. The molecule has 1 saturated carbocycles. The quantitative estimate of drug-likeness (QED) is 0.689. The van der Waals surface area contributed by atoms with Gasteiger partial charge in [-0.15, -0.1) is 0 Å². The number of rotatable bonds is 4. The van der Waals surface area contributed by atoms with Crippen LogP contribution in [0.1, 0.15) is 45.4 Å². The van der Waals surface area contributed by atoms with E-state index in [-0.39, 0.29) is 12.5 Å². The highest BCUT2D eigenvalue weighted by molar-refractivity contribution is 5.79. The number of ether oxygens (including phenoxy) is 2. The molecule has 1 atom stereocenters. The van der Waals surface area contributed by atoms with Crippen LogP contribution in [-0.4, -0.2) is 24.1 Å². The topological polar surface area (TPSA) is 52.6 Å². The van der Waals surface area contributed by atoms with Gasteiger partial charge in [-0.1, -0.05) is 6.42 Å². The number of esters is 2. The number of hydrogen-bond donors (Lipinski definition) is 0. The fourth-order valence-corrected chi connectivity index (χ4v) is 1.75. The summed E-state index contributed by atoms with van der Waals surface area (Å²) in [6.07, 6.45) is 4.46. The van der Waals surface area contributed by atoms with Gasteiger partial charge in [-0.3, -0.25) is 4.79 Å². The molecule has 16 heavy (non-hydrogen) atoms. The third-order valence-corrected chi connectivity index (χ3v) is 2.68. The molecule has 1 fully saturated rings. The fourth-order valence-electron chi connectivity index (χ4n) is 1.75. The lowest BCUT2D eigenvalue weighted by Gasteiger charge is -2.23. The molecule has 0 aromatic rings. The molecule has 0 aromatic carbocycles. The molecule has 1 aliphatic carbocycles. The van der Waals surface area contributed by atoms with Crippen LogP contribution >= 0.6 is 0 Å². The maximum absolute atomic E-state index is 11.5. The highest BCUT2D eigenvalue weighted by atomic mass is 16.6. The molecule has 0 heterocycles. The first kappa shape index (κ1) is 13.0. The Kier molecular flexibility index (Phi) is 5.29. The van der Waals surface area contributed by atoms with Gasteiger partial charge in [-0.2, -0.15) is 0 Å². The Balaban J connectivity index is 2.29. The van der Waals surface area contributed by atoms with Crippen molar-refractivity contribution in [1.82, 2.24) is 0 Å². The normalized spacial score (nSPS) is 18.9. The van der Waals surface area contributed by atoms with Crippen molar-refractivity contribution < 1.29 is 19.1 Å². The highest BCUT2D eigenvalue weighted by Gasteiger charge is 2.23. The van der Waals surface area contributed by atoms with E-state index in [1.165, 1.54) is 13.3 Å². The van der Waals surface area contributed by atoms with Crippen molar-refractivity contribution in [3.8, 4) is 0 Å². The van der Waals surface area contributed by atoms with E-state index in [4.69, 9.17) is 9.47 Å². The Morgan fingerprint density at radius 1 is 1.31 bits per heavy atom. The average molecular weight is 227 g/mol. The standard InChI is InChI=1S/C12H19O4/c1-3-11(13)15-9(2)12(14)16-10-7-5-4-6-8-10/h9-10H,1,3-8H2,2H3. The molecule has 4 heteroatoms. The third-order valence-electron chi connectivity index (χ3n) is 2.68. The van der Waals surface area contributed by atoms with Gasteiger partial charge in [0.25, 0.3) is 0 Å². The van der Waals surface area contributed by atoms with Gasteiger partial charge in [0.2, 0.25) is 0 Å². The minimum absolute atomic E-state index is 0.00199. The SMILES string of the molecule is [CH2]CC(=O)OC(C)C(=O)OC1CCCCC1. The molecule has 4 nitrogen and oxygen atoms in total. The molecule has 0 bridgehead atoms. The van der Waals surface area contributed by atoms with Gasteiger partial charge < -0.3 is 9.47 Å². The molecular formula is C12H19O4. The van der Waals surface area contributed by atoms with E-state index >= 15 is 0 Å². The van der Waals surface area contributed by atoms with Crippen LogP contribution < -0.4 is 0 Å². The molecular weight excluding hydrogens is 208 g/mol. The minimum atomic E-state index is -0.823. The number of carbonyl (C=O) groups is 2. The molecule has 0 N–H and O–H groups in total. The maximum atomic E-state index is 11.5. The van der Waals surface area contributed by atoms with Crippen LogP contribution in [0.3, 0.4) is 0 Å². The maximum Gasteiger partial charge on any atom is 0.347 e. The monoisotopic (exact) mass is 227 g/mol. The van der Waals surface area contributed by atoms with E-state index in [0.717, 1.165) is 25.7 Å². The van der Waals surface area contributed by atoms with Crippen LogP contribution in [0.4, 0.5) is 0 Å². The van der Waals surface area contributed by atoms with Crippen molar-refractivity contribution in [1.29, 1.82) is 0 Å². The van der Waals surface area contributed by atoms with Gasteiger partial charge in [-0.05, 0) is 39.5 Å². The zero-order chi connectivity index (χ0) is 12.0. The van der Waals surface area contributed by atoms with E-state index in [2.05, 4.69) is 6.92 Å². The third kappa shape index (κ3) is 4.21. The molecule has 1 aliphatic rings. The van der Waals surface area contributed by atoms with Crippen LogP contribution in [0.2, 0.25) is 0 Å². The predicted molar refractivity (Wildman–Crippen MR) is 58.5 cm³/mol. The Hall–Kier alpha value is -1.06. The second-order valence-electron chi connectivity index (χ2n) is 4.08. The summed E-state index contributed by atoms with van der Waals surface area (Å²) in [6.45, 7) is 4.91. The lowest BCUT2D eigenvalue weighted by atomic mass is 9.98. The number of carbonyl (C=O) groups excluding carboxylic acids is 2. The van der Waals surface area contributed by atoms with Crippen molar-refractivity contribution in [2.75, 3.05) is 0 Å². The molecule has 1 rings (SSSR count). The van der Waals surface area contributed by atoms with E-state index in [9.17, 15) is 9.59 Å². The first-order valence-electron chi connectivity index (χ1n) is 5.82. The summed E-state index contributed by atoms with van der Waals surface area (Å²) in [5.74, 6) is -0.929. The van der Waals surface area contributed by atoms with E-state index in [1.807, 2.05) is 0 Å². The Morgan fingerprint density at radius 3 is 2.50 bits per heavy atom. The molecule has 0 saturated heterocycles. The largest absolute Gasteiger partial charge is 0.460 e. The van der Waals surface area contributed by atoms with Crippen LogP contribution in [-0.2, 0) is 19.1 Å². The van der Waals surface area contributed by atoms with Crippen LogP contribution in [0.5, 0.6) is 0 Å². The van der Waals surface area contributed by atoms with Crippen molar-refractivity contribution >= 4 is 11.9 Å². The van der Waals surface area contributed by atoms with Crippen LogP contribution in [0.15, 0.2) is 0 Å². The summed E-state index contributed by atoms with van der Waals surface area (Å²) in [6, 6.07) is 0. The zero-order valence-electron chi connectivity index (χ0n) is 9.74. The second-order valence-corrected chi connectivity index (χ2v) is 4.08. The van der Waals surface area contributed by atoms with Crippen molar-refractivity contribution in [3.05, 3.63) is 6.92 Å². The Bertz CT molecular complexity index is 243. The minimum Gasteiger partial charge on any atom is -0.460 e. The van der Waals surface area contributed by atoms with Crippen molar-refractivity contribution in [2.24, 2.45) is 0 Å². The Labute approximate surface area is 96.3 Å². The van der Waals surface area contributed by atoms with E-state index in [1.54, 1.807) is 0 Å². The van der Waals surface area contributed by atoms with E-state index < -0.39 is 18.0 Å². The molecule has 1 radical (unpaired) electrons. The summed E-state index contributed by atoms with van der Waals surface area (Å²) < 4.78 is 10.1. The first-order valence-corrected chi connectivity index (χ1v) is 5.82. The van der Waals surface area contributed by atoms with Crippen LogP contribution in [0.25, 0.3) is 0 Å². The van der Waals surface area contributed by atoms with Gasteiger partial charge in [0.15, 0.2) is 6.10 Å². The van der Waals surface area contributed by atoms with Gasteiger partial charge in [-0.25, -0.2) is 4.79 Å². The predicted octanol–water partition coefficient (Wildman–Crippen LogP) is 2.02. The molecule has 1 unspecified atom stereocenters.